The number of aromatic nitrogens is 4. The van der Waals surface area contributed by atoms with Crippen LogP contribution in [0.5, 0.6) is 0 Å². The molecule has 0 amide bonds. The van der Waals surface area contributed by atoms with E-state index in [9.17, 15) is 14.9 Å². The number of carbonyl (C=O) groups is 1. The molecule has 1 aromatic carbocycles. The van der Waals surface area contributed by atoms with E-state index in [0.29, 0.717) is 10.1 Å². The van der Waals surface area contributed by atoms with Crippen molar-refractivity contribution in [3.8, 4) is 0 Å². The zero-order valence-corrected chi connectivity index (χ0v) is 10.4. The number of nitro benzene ring substituents is 1. The minimum atomic E-state index is -1.36. The van der Waals surface area contributed by atoms with Crippen molar-refractivity contribution in [2.24, 2.45) is 7.05 Å². The van der Waals surface area contributed by atoms with Gasteiger partial charge in [0.25, 0.3) is 5.69 Å². The van der Waals surface area contributed by atoms with Crippen molar-refractivity contribution in [3.05, 3.63) is 33.9 Å². The highest BCUT2D eigenvalue weighted by atomic mass is 32.2. The summed E-state index contributed by atoms with van der Waals surface area (Å²) in [5.74, 6) is -1.36. The first-order chi connectivity index (χ1) is 8.99. The molecule has 0 atom stereocenters. The molecule has 98 valence electrons. The van der Waals surface area contributed by atoms with Crippen LogP contribution in [0, 0.1) is 10.1 Å². The molecule has 0 unspecified atom stereocenters. The fourth-order valence-corrected chi connectivity index (χ4v) is 2.09. The molecule has 2 rings (SSSR count). The van der Waals surface area contributed by atoms with E-state index in [4.69, 9.17) is 5.11 Å². The normalized spacial score (nSPS) is 10.4. The second-order valence-corrected chi connectivity index (χ2v) is 4.47. The summed E-state index contributed by atoms with van der Waals surface area (Å²) in [7, 11) is 1.63. The van der Waals surface area contributed by atoms with E-state index in [1.54, 1.807) is 7.05 Å². The van der Waals surface area contributed by atoms with Gasteiger partial charge in [0.2, 0.25) is 5.16 Å². The van der Waals surface area contributed by atoms with Crippen molar-refractivity contribution in [1.29, 1.82) is 0 Å². The Morgan fingerprint density at radius 1 is 1.53 bits per heavy atom. The third-order valence-corrected chi connectivity index (χ3v) is 3.20. The molecule has 0 saturated heterocycles. The van der Waals surface area contributed by atoms with Gasteiger partial charge in [-0.1, -0.05) is 0 Å². The number of aryl methyl sites for hydroxylation is 1. The fraction of sp³-hybridized carbons (Fsp3) is 0.111. The molecule has 0 radical (unpaired) electrons. The van der Waals surface area contributed by atoms with Gasteiger partial charge in [0.15, 0.2) is 0 Å². The maximum absolute atomic E-state index is 11.0. The van der Waals surface area contributed by atoms with Crippen molar-refractivity contribution in [2.45, 2.75) is 10.1 Å². The number of tetrazole rings is 1. The molecule has 0 saturated carbocycles. The van der Waals surface area contributed by atoms with E-state index in [0.717, 1.165) is 17.8 Å². The molecule has 0 bridgehead atoms. The van der Waals surface area contributed by atoms with Gasteiger partial charge in [0.1, 0.15) is 5.56 Å². The van der Waals surface area contributed by atoms with Crippen molar-refractivity contribution >= 4 is 23.4 Å². The first kappa shape index (κ1) is 13.0. The molecule has 0 fully saturated rings. The van der Waals surface area contributed by atoms with Crippen molar-refractivity contribution in [3.63, 3.8) is 0 Å². The van der Waals surface area contributed by atoms with Gasteiger partial charge in [-0.15, -0.1) is 5.10 Å². The molecular weight excluding hydrogens is 274 g/mol. The summed E-state index contributed by atoms with van der Waals surface area (Å²) in [6.45, 7) is 0. The Balaban J connectivity index is 2.39. The lowest BCUT2D eigenvalue weighted by molar-refractivity contribution is -0.385. The summed E-state index contributed by atoms with van der Waals surface area (Å²) in [5.41, 5.74) is -0.821. The third kappa shape index (κ3) is 2.68. The van der Waals surface area contributed by atoms with Crippen LogP contribution in [0.3, 0.4) is 0 Å². The van der Waals surface area contributed by atoms with E-state index in [-0.39, 0.29) is 5.56 Å². The van der Waals surface area contributed by atoms with Crippen LogP contribution in [0.15, 0.2) is 28.3 Å². The summed E-state index contributed by atoms with van der Waals surface area (Å²) in [6, 6.07) is 3.82. The quantitative estimate of drug-likeness (QED) is 0.649. The average Bonchev–Trinajstić information content (AvgIpc) is 2.74. The molecule has 2 aromatic rings. The first-order valence-corrected chi connectivity index (χ1v) is 5.72. The number of benzene rings is 1. The zero-order valence-electron chi connectivity index (χ0n) is 9.55. The highest BCUT2D eigenvalue weighted by molar-refractivity contribution is 7.99. The lowest BCUT2D eigenvalue weighted by Gasteiger charge is -2.02. The number of hydrogen-bond acceptors (Lipinski definition) is 7. The van der Waals surface area contributed by atoms with Gasteiger partial charge in [0, 0.05) is 18.0 Å². The van der Waals surface area contributed by atoms with Crippen LogP contribution in [0.2, 0.25) is 0 Å². The fourth-order valence-electron chi connectivity index (χ4n) is 1.32. The van der Waals surface area contributed by atoms with Crippen LogP contribution in [0.25, 0.3) is 0 Å². The summed E-state index contributed by atoms with van der Waals surface area (Å²) in [6.07, 6.45) is 0. The number of nitrogens with zero attached hydrogens (tertiary/aromatic N) is 5. The summed E-state index contributed by atoms with van der Waals surface area (Å²) >= 11 is 1.11. The maximum atomic E-state index is 11.0. The molecule has 0 aliphatic carbocycles. The summed E-state index contributed by atoms with van der Waals surface area (Å²) in [5, 5.41) is 30.9. The third-order valence-electron chi connectivity index (χ3n) is 2.19. The Morgan fingerprint density at radius 2 is 2.26 bits per heavy atom. The SMILES string of the molecule is Cn1nnnc1Sc1ccc([N+](=O)[O-])c(C(=O)O)c1. The van der Waals surface area contributed by atoms with Crippen molar-refractivity contribution < 1.29 is 14.8 Å². The molecule has 19 heavy (non-hydrogen) atoms. The smallest absolute Gasteiger partial charge is 0.342 e. The average molecular weight is 281 g/mol. The number of carboxylic acid groups (broad SMARTS) is 1. The second-order valence-electron chi connectivity index (χ2n) is 3.43. The molecule has 1 aromatic heterocycles. The van der Waals surface area contributed by atoms with E-state index in [1.807, 2.05) is 0 Å². The largest absolute Gasteiger partial charge is 0.477 e. The van der Waals surface area contributed by atoms with Gasteiger partial charge in [0.05, 0.1) is 4.92 Å². The number of nitro groups is 1. The molecule has 0 spiro atoms. The molecule has 0 aliphatic rings. The first-order valence-electron chi connectivity index (χ1n) is 4.91. The van der Waals surface area contributed by atoms with Crippen LogP contribution in [0.4, 0.5) is 5.69 Å². The minimum absolute atomic E-state index is 0.370. The molecular formula is C9H7N5O4S. The second kappa shape index (κ2) is 5.02. The van der Waals surface area contributed by atoms with Crippen molar-refractivity contribution in [2.75, 3.05) is 0 Å². The Labute approximate surface area is 110 Å². The molecule has 0 aliphatic heterocycles. The molecule has 1 N–H and O–H groups in total. The maximum Gasteiger partial charge on any atom is 0.342 e. The highest BCUT2D eigenvalue weighted by Crippen LogP contribution is 2.29. The number of aromatic carboxylic acids is 1. The number of rotatable bonds is 4. The van der Waals surface area contributed by atoms with Gasteiger partial charge in [-0.25, -0.2) is 9.48 Å². The molecule has 9 nitrogen and oxygen atoms in total. The van der Waals surface area contributed by atoms with Crippen LogP contribution in [0.1, 0.15) is 10.4 Å². The van der Waals surface area contributed by atoms with Gasteiger partial charge >= 0.3 is 5.97 Å². The monoisotopic (exact) mass is 281 g/mol. The van der Waals surface area contributed by atoms with Crippen molar-refractivity contribution in [1.82, 2.24) is 20.2 Å². The van der Waals surface area contributed by atoms with E-state index >= 15 is 0 Å². The van der Waals surface area contributed by atoms with Crippen LogP contribution in [-0.4, -0.2) is 36.2 Å². The number of carboxylic acids is 1. The van der Waals surface area contributed by atoms with Gasteiger partial charge in [-0.3, -0.25) is 10.1 Å². The van der Waals surface area contributed by atoms with E-state index in [1.165, 1.54) is 16.8 Å². The predicted octanol–water partition coefficient (Wildman–Crippen LogP) is 0.968. The topological polar surface area (TPSA) is 124 Å². The molecule has 1 heterocycles. The Kier molecular flexibility index (Phi) is 3.42. The minimum Gasteiger partial charge on any atom is -0.477 e. The lowest BCUT2D eigenvalue weighted by atomic mass is 10.2. The summed E-state index contributed by atoms with van der Waals surface area (Å²) in [4.78, 5) is 21.5. The Bertz CT molecular complexity index is 656. The Hall–Kier alpha value is -2.49. The van der Waals surface area contributed by atoms with E-state index in [2.05, 4.69) is 15.5 Å². The Morgan fingerprint density at radius 3 is 2.79 bits per heavy atom. The molecule has 10 heteroatoms. The lowest BCUT2D eigenvalue weighted by Crippen LogP contribution is -2.02. The van der Waals surface area contributed by atoms with E-state index < -0.39 is 16.6 Å². The van der Waals surface area contributed by atoms with Crippen LogP contribution >= 0.6 is 11.8 Å². The standard InChI is InChI=1S/C9H7N5O4S/c1-13-9(10-11-12-13)19-5-2-3-7(14(17)18)6(4-5)8(15)16/h2-4H,1H3,(H,15,16). The zero-order chi connectivity index (χ0) is 14.0. The highest BCUT2D eigenvalue weighted by Gasteiger charge is 2.20. The van der Waals surface area contributed by atoms with Crippen LogP contribution in [-0.2, 0) is 7.05 Å². The van der Waals surface area contributed by atoms with Crippen LogP contribution < -0.4 is 0 Å². The van der Waals surface area contributed by atoms with Gasteiger partial charge < -0.3 is 5.11 Å². The number of hydrogen-bond donors (Lipinski definition) is 1. The predicted molar refractivity (Wildman–Crippen MR) is 63.0 cm³/mol. The van der Waals surface area contributed by atoms with Gasteiger partial charge in [-0.05, 0) is 34.3 Å². The van der Waals surface area contributed by atoms with Gasteiger partial charge in [-0.2, -0.15) is 0 Å². The summed E-state index contributed by atoms with van der Waals surface area (Å²) < 4.78 is 1.41.